The van der Waals surface area contributed by atoms with E-state index in [0.717, 1.165) is 16.8 Å². The minimum absolute atomic E-state index is 0.135. The van der Waals surface area contributed by atoms with Crippen LogP contribution >= 0.6 is 0 Å². The Bertz CT molecular complexity index is 438. The van der Waals surface area contributed by atoms with Crippen LogP contribution in [0.1, 0.15) is 11.1 Å². The fraction of sp³-hybridized carbons (Fsp3) is 0.333. The van der Waals surface area contributed by atoms with Crippen LogP contribution in [-0.2, 0) is 14.3 Å². The summed E-state index contributed by atoms with van der Waals surface area (Å²) in [5.74, 6) is -0.977. The van der Waals surface area contributed by atoms with Gasteiger partial charge in [0, 0.05) is 5.69 Å². The first-order valence-corrected chi connectivity index (χ1v) is 5.12. The molecule has 4 heteroatoms. The highest BCUT2D eigenvalue weighted by Crippen LogP contribution is 2.22. The minimum Gasteiger partial charge on any atom is -0.390 e. The molecular weight excluding hydrogens is 206 g/mol. The Labute approximate surface area is 93.8 Å². The summed E-state index contributed by atoms with van der Waals surface area (Å²) in [6.07, 6.45) is 0. The number of aryl methyl sites for hydroxylation is 2. The maximum Gasteiger partial charge on any atom is 0.333 e. The van der Waals surface area contributed by atoms with Crippen LogP contribution in [0.4, 0.5) is 5.69 Å². The van der Waals surface area contributed by atoms with E-state index in [1.165, 1.54) is 0 Å². The second-order valence-electron chi connectivity index (χ2n) is 3.99. The minimum atomic E-state index is -0.489. The third-order valence-electron chi connectivity index (χ3n) is 2.57. The number of carbonyl (C=O) groups excluding carboxylic acids is 2. The van der Waals surface area contributed by atoms with Crippen LogP contribution in [-0.4, -0.2) is 25.0 Å². The molecule has 0 amide bonds. The molecule has 1 saturated heterocycles. The summed E-state index contributed by atoms with van der Waals surface area (Å²) in [5, 5.41) is 0. The van der Waals surface area contributed by atoms with Gasteiger partial charge in [-0.3, -0.25) is 0 Å². The van der Waals surface area contributed by atoms with Crippen molar-refractivity contribution in [1.82, 2.24) is 0 Å². The number of cyclic esters (lactones) is 2. The van der Waals surface area contributed by atoms with Crippen molar-refractivity contribution in [3.05, 3.63) is 29.3 Å². The zero-order chi connectivity index (χ0) is 11.7. The van der Waals surface area contributed by atoms with Gasteiger partial charge in [0.2, 0.25) is 0 Å². The van der Waals surface area contributed by atoms with E-state index in [1.807, 2.05) is 32.0 Å². The molecule has 0 radical (unpaired) electrons. The average molecular weight is 219 g/mol. The molecule has 0 aliphatic carbocycles. The Kier molecular flexibility index (Phi) is 2.64. The first kappa shape index (κ1) is 10.7. The third-order valence-corrected chi connectivity index (χ3v) is 2.57. The van der Waals surface area contributed by atoms with Crippen LogP contribution < -0.4 is 4.90 Å². The van der Waals surface area contributed by atoms with Gasteiger partial charge < -0.3 is 9.64 Å². The number of rotatable bonds is 1. The molecule has 16 heavy (non-hydrogen) atoms. The maximum absolute atomic E-state index is 11.2. The zero-order valence-electron chi connectivity index (χ0n) is 9.32. The van der Waals surface area contributed by atoms with Gasteiger partial charge in [0.25, 0.3) is 0 Å². The topological polar surface area (TPSA) is 46.6 Å². The van der Waals surface area contributed by atoms with E-state index in [-0.39, 0.29) is 13.1 Å². The standard InChI is InChI=1S/C12H13NO3/c1-8-3-4-9(2)10(5-8)13-6-11(14)16-12(15)7-13/h3-5H,6-7H2,1-2H3. The highest BCUT2D eigenvalue weighted by atomic mass is 16.6. The van der Waals surface area contributed by atoms with Crippen molar-refractivity contribution >= 4 is 17.6 Å². The molecule has 84 valence electrons. The Hall–Kier alpha value is -1.84. The van der Waals surface area contributed by atoms with E-state index in [0.29, 0.717) is 0 Å². The quantitative estimate of drug-likeness (QED) is 0.526. The van der Waals surface area contributed by atoms with Gasteiger partial charge in [0.1, 0.15) is 13.1 Å². The van der Waals surface area contributed by atoms with Gasteiger partial charge in [-0.2, -0.15) is 0 Å². The van der Waals surface area contributed by atoms with Crippen LogP contribution in [0.2, 0.25) is 0 Å². The van der Waals surface area contributed by atoms with Gasteiger partial charge >= 0.3 is 11.9 Å². The van der Waals surface area contributed by atoms with Crippen molar-refractivity contribution in [1.29, 1.82) is 0 Å². The molecule has 0 N–H and O–H groups in total. The van der Waals surface area contributed by atoms with Crippen LogP contribution in [0.3, 0.4) is 0 Å². The smallest absolute Gasteiger partial charge is 0.333 e. The van der Waals surface area contributed by atoms with E-state index < -0.39 is 11.9 Å². The summed E-state index contributed by atoms with van der Waals surface area (Å²) >= 11 is 0. The van der Waals surface area contributed by atoms with Crippen molar-refractivity contribution in [3.8, 4) is 0 Å². The number of esters is 2. The molecule has 1 aliphatic heterocycles. The van der Waals surface area contributed by atoms with E-state index in [2.05, 4.69) is 4.74 Å². The summed E-state index contributed by atoms with van der Waals surface area (Å²) in [7, 11) is 0. The van der Waals surface area contributed by atoms with Crippen LogP contribution in [0.25, 0.3) is 0 Å². The Morgan fingerprint density at radius 2 is 1.75 bits per heavy atom. The molecule has 0 unspecified atom stereocenters. The molecule has 0 saturated carbocycles. The van der Waals surface area contributed by atoms with E-state index in [9.17, 15) is 9.59 Å². The first-order valence-electron chi connectivity index (χ1n) is 5.12. The van der Waals surface area contributed by atoms with E-state index in [4.69, 9.17) is 0 Å². The molecule has 0 bridgehead atoms. The zero-order valence-corrected chi connectivity index (χ0v) is 9.32. The van der Waals surface area contributed by atoms with Crippen molar-refractivity contribution in [2.45, 2.75) is 13.8 Å². The number of hydrogen-bond donors (Lipinski definition) is 0. The second kappa shape index (κ2) is 3.96. The summed E-state index contributed by atoms with van der Waals surface area (Å²) in [5.41, 5.74) is 3.07. The number of ether oxygens (including phenoxy) is 1. The number of carbonyl (C=O) groups is 2. The Balaban J connectivity index is 2.32. The van der Waals surface area contributed by atoms with E-state index >= 15 is 0 Å². The maximum atomic E-state index is 11.2. The normalized spacial score (nSPS) is 16.2. The molecule has 1 heterocycles. The molecule has 2 rings (SSSR count). The Morgan fingerprint density at radius 3 is 2.38 bits per heavy atom. The molecule has 0 atom stereocenters. The molecule has 0 spiro atoms. The van der Waals surface area contributed by atoms with Gasteiger partial charge in [-0.15, -0.1) is 0 Å². The highest BCUT2D eigenvalue weighted by molar-refractivity contribution is 5.94. The lowest BCUT2D eigenvalue weighted by atomic mass is 10.1. The summed E-state index contributed by atoms with van der Waals surface area (Å²) in [4.78, 5) is 24.1. The Morgan fingerprint density at radius 1 is 1.12 bits per heavy atom. The molecule has 1 aromatic carbocycles. The molecule has 0 aromatic heterocycles. The predicted octanol–water partition coefficient (Wildman–Crippen LogP) is 1.19. The lowest BCUT2D eigenvalue weighted by molar-refractivity contribution is -0.160. The average Bonchev–Trinajstić information content (AvgIpc) is 2.20. The summed E-state index contributed by atoms with van der Waals surface area (Å²) in [6.45, 7) is 4.21. The third kappa shape index (κ3) is 2.05. The fourth-order valence-corrected chi connectivity index (χ4v) is 1.79. The van der Waals surface area contributed by atoms with Crippen molar-refractivity contribution in [2.24, 2.45) is 0 Å². The number of benzene rings is 1. The van der Waals surface area contributed by atoms with Gasteiger partial charge in [0.05, 0.1) is 0 Å². The number of anilines is 1. The first-order chi connectivity index (χ1) is 7.56. The van der Waals surface area contributed by atoms with Crippen LogP contribution in [0, 0.1) is 13.8 Å². The largest absolute Gasteiger partial charge is 0.390 e. The fourth-order valence-electron chi connectivity index (χ4n) is 1.79. The van der Waals surface area contributed by atoms with Crippen molar-refractivity contribution in [3.63, 3.8) is 0 Å². The van der Waals surface area contributed by atoms with Gasteiger partial charge in [-0.1, -0.05) is 12.1 Å². The van der Waals surface area contributed by atoms with Crippen molar-refractivity contribution in [2.75, 3.05) is 18.0 Å². The number of hydrogen-bond acceptors (Lipinski definition) is 4. The van der Waals surface area contributed by atoms with E-state index in [1.54, 1.807) is 4.90 Å². The number of morpholine rings is 1. The van der Waals surface area contributed by atoms with Crippen molar-refractivity contribution < 1.29 is 14.3 Å². The monoisotopic (exact) mass is 219 g/mol. The lowest BCUT2D eigenvalue weighted by Gasteiger charge is -2.27. The van der Waals surface area contributed by atoms with Gasteiger partial charge in [-0.05, 0) is 31.0 Å². The molecule has 4 nitrogen and oxygen atoms in total. The predicted molar refractivity (Wildman–Crippen MR) is 59.2 cm³/mol. The molecule has 1 aliphatic rings. The number of nitrogens with zero attached hydrogens (tertiary/aromatic N) is 1. The molecular formula is C12H13NO3. The van der Waals surface area contributed by atoms with Gasteiger partial charge in [0.15, 0.2) is 0 Å². The SMILES string of the molecule is Cc1ccc(C)c(N2CC(=O)OC(=O)C2)c1. The second-order valence-corrected chi connectivity index (χ2v) is 3.99. The molecule has 1 aromatic rings. The highest BCUT2D eigenvalue weighted by Gasteiger charge is 2.25. The van der Waals surface area contributed by atoms with Crippen LogP contribution in [0.15, 0.2) is 18.2 Å². The van der Waals surface area contributed by atoms with Gasteiger partial charge in [-0.25, -0.2) is 9.59 Å². The lowest BCUT2D eigenvalue weighted by Crippen LogP contribution is -2.43. The van der Waals surface area contributed by atoms with Crippen LogP contribution in [0.5, 0.6) is 0 Å². The molecule has 1 fully saturated rings. The summed E-state index contributed by atoms with van der Waals surface area (Å²) in [6, 6.07) is 5.96. The summed E-state index contributed by atoms with van der Waals surface area (Å²) < 4.78 is 4.49.